The van der Waals surface area contributed by atoms with Crippen LogP contribution in [0.4, 0.5) is 5.69 Å². The fourth-order valence-electron chi connectivity index (χ4n) is 3.72. The molecule has 1 aliphatic rings. The van der Waals surface area contributed by atoms with Crippen molar-refractivity contribution in [3.8, 4) is 5.82 Å². The number of carbonyl (C=O) groups is 2. The Morgan fingerprint density at radius 2 is 1.83 bits per heavy atom. The summed E-state index contributed by atoms with van der Waals surface area (Å²) in [6.07, 6.45) is 4.80. The number of para-hydroxylation sites is 2. The number of hydrogen-bond acceptors (Lipinski definition) is 4. The third-order valence-corrected chi connectivity index (χ3v) is 5.39. The lowest BCUT2D eigenvalue weighted by Gasteiger charge is -2.32. The summed E-state index contributed by atoms with van der Waals surface area (Å²) in [6.45, 7) is 5.09. The summed E-state index contributed by atoms with van der Waals surface area (Å²) >= 11 is 0. The van der Waals surface area contributed by atoms with Crippen LogP contribution in [-0.4, -0.2) is 44.3 Å². The molecule has 29 heavy (non-hydrogen) atoms. The Morgan fingerprint density at radius 3 is 2.52 bits per heavy atom. The third-order valence-electron chi connectivity index (χ3n) is 5.39. The maximum Gasteiger partial charge on any atom is 0.227 e. The highest BCUT2D eigenvalue weighted by atomic mass is 16.2. The number of benzene rings is 1. The minimum absolute atomic E-state index is 0.00224. The minimum Gasteiger partial charge on any atom is -0.342 e. The molecule has 0 unspecified atom stereocenters. The van der Waals surface area contributed by atoms with E-state index in [0.29, 0.717) is 31.6 Å². The van der Waals surface area contributed by atoms with E-state index in [4.69, 9.17) is 0 Å². The number of amides is 2. The molecule has 1 fully saturated rings. The van der Waals surface area contributed by atoms with Crippen molar-refractivity contribution in [1.82, 2.24) is 19.4 Å². The zero-order valence-corrected chi connectivity index (χ0v) is 16.7. The van der Waals surface area contributed by atoms with Crippen molar-refractivity contribution in [1.29, 1.82) is 0 Å². The normalized spacial score (nSPS) is 15.1. The predicted molar refractivity (Wildman–Crippen MR) is 112 cm³/mol. The smallest absolute Gasteiger partial charge is 0.227 e. The van der Waals surface area contributed by atoms with Crippen LogP contribution in [0.25, 0.3) is 16.9 Å². The second kappa shape index (κ2) is 8.03. The van der Waals surface area contributed by atoms with E-state index in [9.17, 15) is 9.59 Å². The predicted octanol–water partition coefficient (Wildman–Crippen LogP) is 3.25. The van der Waals surface area contributed by atoms with Crippen molar-refractivity contribution in [3.63, 3.8) is 0 Å². The molecule has 0 saturated carbocycles. The number of nitrogens with zero attached hydrogens (tertiary/aromatic N) is 4. The Balaban J connectivity index is 1.38. The van der Waals surface area contributed by atoms with Gasteiger partial charge in [0.25, 0.3) is 0 Å². The first kappa shape index (κ1) is 19.1. The number of nitrogens with one attached hydrogen (secondary N) is 1. The summed E-state index contributed by atoms with van der Waals surface area (Å²) in [7, 11) is 0. The molecule has 0 spiro atoms. The maximum atomic E-state index is 12.6. The number of rotatable bonds is 4. The van der Waals surface area contributed by atoms with E-state index in [2.05, 4.69) is 15.3 Å². The lowest BCUT2D eigenvalue weighted by atomic mass is 9.95. The molecule has 0 atom stereocenters. The molecule has 0 aliphatic carbocycles. The molecular formula is C22H25N5O2. The number of anilines is 1. The SMILES string of the molecule is CC(C)C(=O)N1CCC(C(=O)Nc2ccc(-n3cnc4ccccc43)nc2)CC1. The number of imidazole rings is 1. The molecule has 2 amide bonds. The van der Waals surface area contributed by atoms with Crippen LogP contribution in [0.1, 0.15) is 26.7 Å². The van der Waals surface area contributed by atoms with Gasteiger partial charge in [0.1, 0.15) is 12.1 Å². The molecule has 0 bridgehead atoms. The topological polar surface area (TPSA) is 80.1 Å². The molecule has 1 N–H and O–H groups in total. The number of piperidine rings is 1. The lowest BCUT2D eigenvalue weighted by Crippen LogP contribution is -2.43. The Hall–Kier alpha value is -3.22. The Bertz CT molecular complexity index is 1020. The van der Waals surface area contributed by atoms with Gasteiger partial charge in [0.15, 0.2) is 0 Å². The highest BCUT2D eigenvalue weighted by Gasteiger charge is 2.28. The first-order valence-corrected chi connectivity index (χ1v) is 10.0. The standard InChI is InChI=1S/C22H25N5O2/c1-15(2)22(29)26-11-9-16(10-12-26)21(28)25-17-7-8-20(23-13-17)27-14-24-18-5-3-4-6-19(18)27/h3-8,13-16H,9-12H2,1-2H3,(H,25,28). The molecule has 7 nitrogen and oxygen atoms in total. The molecule has 150 valence electrons. The summed E-state index contributed by atoms with van der Waals surface area (Å²) < 4.78 is 1.92. The molecule has 1 aromatic carbocycles. The van der Waals surface area contributed by atoms with Crippen molar-refractivity contribution < 1.29 is 9.59 Å². The van der Waals surface area contributed by atoms with Crippen molar-refractivity contribution in [2.24, 2.45) is 11.8 Å². The zero-order chi connectivity index (χ0) is 20.4. The van der Waals surface area contributed by atoms with Crippen molar-refractivity contribution in [2.75, 3.05) is 18.4 Å². The number of fused-ring (bicyclic) bond motifs is 1. The van der Waals surface area contributed by atoms with Crippen LogP contribution in [0.5, 0.6) is 0 Å². The monoisotopic (exact) mass is 391 g/mol. The van der Waals surface area contributed by atoms with Crippen LogP contribution >= 0.6 is 0 Å². The van der Waals surface area contributed by atoms with Gasteiger partial charge in [-0.15, -0.1) is 0 Å². The van der Waals surface area contributed by atoms with Gasteiger partial charge in [0.2, 0.25) is 11.8 Å². The van der Waals surface area contributed by atoms with Gasteiger partial charge >= 0.3 is 0 Å². The molecular weight excluding hydrogens is 366 g/mol. The van der Waals surface area contributed by atoms with E-state index >= 15 is 0 Å². The number of pyridine rings is 1. The van der Waals surface area contributed by atoms with Crippen LogP contribution in [0.3, 0.4) is 0 Å². The van der Waals surface area contributed by atoms with Gasteiger partial charge in [-0.2, -0.15) is 0 Å². The van der Waals surface area contributed by atoms with E-state index in [1.54, 1.807) is 12.5 Å². The molecule has 4 rings (SSSR count). The number of hydrogen-bond donors (Lipinski definition) is 1. The van der Waals surface area contributed by atoms with Gasteiger partial charge in [0.05, 0.1) is 22.9 Å². The quantitative estimate of drug-likeness (QED) is 0.740. The van der Waals surface area contributed by atoms with Crippen LogP contribution in [-0.2, 0) is 9.59 Å². The van der Waals surface area contributed by atoms with Gasteiger partial charge in [0, 0.05) is 24.9 Å². The number of aromatic nitrogens is 3. The minimum atomic E-state index is -0.0801. The van der Waals surface area contributed by atoms with Crippen LogP contribution in [0, 0.1) is 11.8 Å². The summed E-state index contributed by atoms with van der Waals surface area (Å²) in [5.74, 6) is 0.818. The Kier molecular flexibility index (Phi) is 5.29. The van der Waals surface area contributed by atoms with E-state index < -0.39 is 0 Å². The van der Waals surface area contributed by atoms with E-state index in [1.165, 1.54) is 0 Å². The van der Waals surface area contributed by atoms with E-state index in [1.807, 2.05) is 59.7 Å². The molecule has 1 aliphatic heterocycles. The fourth-order valence-corrected chi connectivity index (χ4v) is 3.72. The highest BCUT2D eigenvalue weighted by molar-refractivity contribution is 5.92. The molecule has 7 heteroatoms. The summed E-state index contributed by atoms with van der Waals surface area (Å²) in [5, 5.41) is 2.96. The van der Waals surface area contributed by atoms with Crippen LogP contribution < -0.4 is 5.32 Å². The van der Waals surface area contributed by atoms with Gasteiger partial charge < -0.3 is 10.2 Å². The second-order valence-electron chi connectivity index (χ2n) is 7.75. The third kappa shape index (κ3) is 3.99. The Morgan fingerprint density at radius 1 is 1.07 bits per heavy atom. The summed E-state index contributed by atoms with van der Waals surface area (Å²) in [6, 6.07) is 11.6. The van der Waals surface area contributed by atoms with Gasteiger partial charge in [-0.25, -0.2) is 9.97 Å². The molecule has 3 heterocycles. The number of carbonyl (C=O) groups excluding carboxylic acids is 2. The van der Waals surface area contributed by atoms with Crippen molar-refractivity contribution in [3.05, 3.63) is 48.9 Å². The summed E-state index contributed by atoms with van der Waals surface area (Å²) in [5.41, 5.74) is 2.57. The largest absolute Gasteiger partial charge is 0.342 e. The second-order valence-corrected chi connectivity index (χ2v) is 7.75. The first-order chi connectivity index (χ1) is 14.0. The molecule has 1 saturated heterocycles. The van der Waals surface area contributed by atoms with Gasteiger partial charge in [-0.1, -0.05) is 26.0 Å². The van der Waals surface area contributed by atoms with Crippen molar-refractivity contribution >= 4 is 28.5 Å². The average Bonchev–Trinajstić information content (AvgIpc) is 3.18. The van der Waals surface area contributed by atoms with Crippen LogP contribution in [0.15, 0.2) is 48.9 Å². The first-order valence-electron chi connectivity index (χ1n) is 10.0. The Labute approximate surface area is 169 Å². The fraction of sp³-hybridized carbons (Fsp3) is 0.364. The van der Waals surface area contributed by atoms with Crippen LogP contribution in [0.2, 0.25) is 0 Å². The lowest BCUT2D eigenvalue weighted by molar-refractivity contribution is -0.137. The number of likely N-dealkylation sites (tertiary alicyclic amines) is 1. The average molecular weight is 391 g/mol. The van der Waals surface area contributed by atoms with E-state index in [0.717, 1.165) is 16.9 Å². The zero-order valence-electron chi connectivity index (χ0n) is 16.7. The molecule has 0 radical (unpaired) electrons. The summed E-state index contributed by atoms with van der Waals surface area (Å²) in [4.78, 5) is 35.4. The van der Waals surface area contributed by atoms with Gasteiger partial charge in [-0.3, -0.25) is 14.2 Å². The highest BCUT2D eigenvalue weighted by Crippen LogP contribution is 2.22. The molecule has 3 aromatic rings. The van der Waals surface area contributed by atoms with E-state index in [-0.39, 0.29) is 23.7 Å². The van der Waals surface area contributed by atoms with Crippen molar-refractivity contribution in [2.45, 2.75) is 26.7 Å². The molecule has 2 aromatic heterocycles. The van der Waals surface area contributed by atoms with Gasteiger partial charge in [-0.05, 0) is 37.1 Å². The maximum absolute atomic E-state index is 12.6.